The highest BCUT2D eigenvalue weighted by Crippen LogP contribution is 2.28. The Bertz CT molecular complexity index is 739. The van der Waals surface area contributed by atoms with Crippen LogP contribution in [0.1, 0.15) is 17.3 Å². The molecule has 0 unspecified atom stereocenters. The minimum Gasteiger partial charge on any atom is -0.481 e. The van der Waals surface area contributed by atoms with E-state index < -0.39 is 11.9 Å². The summed E-state index contributed by atoms with van der Waals surface area (Å²) in [6.07, 6.45) is 1.56. The van der Waals surface area contributed by atoms with Gasteiger partial charge >= 0.3 is 5.97 Å². The largest absolute Gasteiger partial charge is 0.481 e. The maximum Gasteiger partial charge on any atom is 0.308 e. The fraction of sp³-hybridized carbons (Fsp3) is 0.353. The van der Waals surface area contributed by atoms with Crippen molar-refractivity contribution < 1.29 is 14.7 Å². The zero-order chi connectivity index (χ0) is 16.6. The number of aromatic nitrogens is 2. The topological polar surface area (TPSA) is 75.4 Å². The summed E-state index contributed by atoms with van der Waals surface area (Å²) in [7, 11) is 1.80. The molecule has 23 heavy (non-hydrogen) atoms. The Labute approximate surface area is 134 Å². The van der Waals surface area contributed by atoms with E-state index in [1.807, 2.05) is 37.3 Å². The number of carbonyl (C=O) groups excluding carboxylic acids is 1. The molecule has 0 saturated carbocycles. The van der Waals surface area contributed by atoms with Crippen LogP contribution in [-0.2, 0) is 11.8 Å². The van der Waals surface area contributed by atoms with Crippen molar-refractivity contribution in [1.29, 1.82) is 0 Å². The van der Waals surface area contributed by atoms with Crippen molar-refractivity contribution in [3.05, 3.63) is 42.1 Å². The van der Waals surface area contributed by atoms with Gasteiger partial charge in [-0.05, 0) is 5.92 Å². The molecule has 1 N–H and O–H groups in total. The number of nitrogens with zero attached hydrogens (tertiary/aromatic N) is 3. The van der Waals surface area contributed by atoms with Gasteiger partial charge in [0.15, 0.2) is 0 Å². The number of carboxylic acid groups (broad SMARTS) is 1. The van der Waals surface area contributed by atoms with E-state index >= 15 is 0 Å². The average molecular weight is 313 g/mol. The molecule has 2 atom stereocenters. The summed E-state index contributed by atoms with van der Waals surface area (Å²) in [5.41, 5.74) is 2.18. The first kappa shape index (κ1) is 15.3. The SMILES string of the molecule is C[C@@H]1CN(C(=O)c2cnn(C)c2-c2ccccc2)C[C@H]1C(=O)O. The second-order valence-corrected chi connectivity index (χ2v) is 6.03. The van der Waals surface area contributed by atoms with E-state index in [1.54, 1.807) is 22.8 Å². The fourth-order valence-electron chi connectivity index (χ4n) is 3.16. The average Bonchev–Trinajstić information content (AvgIpc) is 3.10. The van der Waals surface area contributed by atoms with Gasteiger partial charge in [-0.25, -0.2) is 0 Å². The monoisotopic (exact) mass is 313 g/mol. The first-order valence-corrected chi connectivity index (χ1v) is 7.58. The second-order valence-electron chi connectivity index (χ2n) is 6.03. The number of rotatable bonds is 3. The van der Waals surface area contributed by atoms with Crippen molar-refractivity contribution in [2.45, 2.75) is 6.92 Å². The number of hydrogen-bond acceptors (Lipinski definition) is 3. The Balaban J connectivity index is 1.92. The summed E-state index contributed by atoms with van der Waals surface area (Å²) < 4.78 is 1.68. The van der Waals surface area contributed by atoms with E-state index in [4.69, 9.17) is 0 Å². The van der Waals surface area contributed by atoms with Gasteiger partial charge in [0.1, 0.15) is 0 Å². The summed E-state index contributed by atoms with van der Waals surface area (Å²) in [5, 5.41) is 13.4. The molecule has 3 rings (SSSR count). The highest BCUT2D eigenvalue weighted by Gasteiger charge is 2.38. The van der Waals surface area contributed by atoms with Crippen LogP contribution in [0.5, 0.6) is 0 Å². The molecule has 120 valence electrons. The second kappa shape index (κ2) is 5.87. The molecule has 0 aliphatic carbocycles. The third-order valence-corrected chi connectivity index (χ3v) is 4.43. The minimum absolute atomic E-state index is 0.0479. The van der Waals surface area contributed by atoms with Gasteiger partial charge in [-0.1, -0.05) is 37.3 Å². The summed E-state index contributed by atoms with van der Waals surface area (Å²) in [4.78, 5) is 25.7. The van der Waals surface area contributed by atoms with Gasteiger partial charge in [0, 0.05) is 25.7 Å². The van der Waals surface area contributed by atoms with Gasteiger partial charge in [0.25, 0.3) is 5.91 Å². The van der Waals surface area contributed by atoms with Crippen molar-refractivity contribution >= 4 is 11.9 Å². The van der Waals surface area contributed by atoms with E-state index in [-0.39, 0.29) is 18.4 Å². The van der Waals surface area contributed by atoms with Gasteiger partial charge < -0.3 is 10.0 Å². The van der Waals surface area contributed by atoms with E-state index in [0.717, 1.165) is 11.3 Å². The zero-order valence-electron chi connectivity index (χ0n) is 13.1. The summed E-state index contributed by atoms with van der Waals surface area (Å²) in [6, 6.07) is 9.60. The van der Waals surface area contributed by atoms with E-state index in [2.05, 4.69) is 5.10 Å². The lowest BCUT2D eigenvalue weighted by Gasteiger charge is -2.16. The fourth-order valence-corrected chi connectivity index (χ4v) is 3.16. The zero-order valence-corrected chi connectivity index (χ0v) is 13.1. The van der Waals surface area contributed by atoms with Gasteiger partial charge in [0.2, 0.25) is 0 Å². The molecule has 1 aromatic heterocycles. The van der Waals surface area contributed by atoms with E-state index in [9.17, 15) is 14.7 Å². The highest BCUT2D eigenvalue weighted by atomic mass is 16.4. The number of likely N-dealkylation sites (tertiary alicyclic amines) is 1. The Hall–Kier alpha value is -2.63. The molecule has 1 saturated heterocycles. The maximum atomic E-state index is 12.8. The van der Waals surface area contributed by atoms with Crippen LogP contribution in [0.2, 0.25) is 0 Å². The van der Waals surface area contributed by atoms with E-state index in [1.165, 1.54) is 0 Å². The molecule has 1 fully saturated rings. The Morgan fingerprint density at radius 3 is 2.52 bits per heavy atom. The molecule has 1 aromatic carbocycles. The van der Waals surface area contributed by atoms with Gasteiger partial charge in [0.05, 0.1) is 23.4 Å². The van der Waals surface area contributed by atoms with E-state index in [0.29, 0.717) is 12.1 Å². The van der Waals surface area contributed by atoms with Crippen LogP contribution < -0.4 is 0 Å². The van der Waals surface area contributed by atoms with Crippen LogP contribution in [0.15, 0.2) is 36.5 Å². The number of amides is 1. The lowest BCUT2D eigenvalue weighted by molar-refractivity contribution is -0.142. The van der Waals surface area contributed by atoms with Gasteiger partial charge in [-0.2, -0.15) is 5.10 Å². The van der Waals surface area contributed by atoms with Crippen molar-refractivity contribution in [1.82, 2.24) is 14.7 Å². The Morgan fingerprint density at radius 1 is 1.22 bits per heavy atom. The first-order valence-electron chi connectivity index (χ1n) is 7.58. The van der Waals surface area contributed by atoms with Crippen molar-refractivity contribution in [3.63, 3.8) is 0 Å². The van der Waals surface area contributed by atoms with Crippen LogP contribution in [-0.4, -0.2) is 44.8 Å². The van der Waals surface area contributed by atoms with Gasteiger partial charge in [-0.15, -0.1) is 0 Å². The maximum absolute atomic E-state index is 12.8. The molecular weight excluding hydrogens is 294 g/mol. The van der Waals surface area contributed by atoms with Gasteiger partial charge in [-0.3, -0.25) is 14.3 Å². The number of benzene rings is 1. The Kier molecular flexibility index (Phi) is 3.90. The molecule has 2 aromatic rings. The molecule has 6 nitrogen and oxygen atoms in total. The van der Waals surface area contributed by atoms with Crippen LogP contribution in [0.25, 0.3) is 11.3 Å². The first-order chi connectivity index (χ1) is 11.0. The summed E-state index contributed by atoms with van der Waals surface area (Å²) in [6.45, 7) is 2.57. The standard InChI is InChI=1S/C17H19N3O3/c1-11-9-20(10-14(11)17(22)23)16(21)13-8-18-19(2)15(13)12-6-4-3-5-7-12/h3-8,11,14H,9-10H2,1-2H3,(H,22,23)/t11-,14-/m1/s1. The number of aliphatic carboxylic acids is 1. The van der Waals surface area contributed by atoms with Crippen molar-refractivity contribution in [2.24, 2.45) is 18.9 Å². The molecule has 0 radical (unpaired) electrons. The third kappa shape index (κ3) is 2.72. The summed E-state index contributed by atoms with van der Waals surface area (Å²) >= 11 is 0. The molecule has 1 aliphatic heterocycles. The normalized spacial score (nSPS) is 20.7. The van der Waals surface area contributed by atoms with Crippen LogP contribution in [0.4, 0.5) is 0 Å². The molecule has 2 heterocycles. The molecule has 6 heteroatoms. The molecule has 1 aliphatic rings. The number of carbonyl (C=O) groups is 2. The lowest BCUT2D eigenvalue weighted by atomic mass is 9.99. The predicted molar refractivity (Wildman–Crippen MR) is 84.8 cm³/mol. The molecule has 1 amide bonds. The quantitative estimate of drug-likeness (QED) is 0.939. The van der Waals surface area contributed by atoms with Crippen LogP contribution in [0, 0.1) is 11.8 Å². The van der Waals surface area contributed by atoms with Crippen LogP contribution >= 0.6 is 0 Å². The van der Waals surface area contributed by atoms with Crippen molar-refractivity contribution in [3.8, 4) is 11.3 Å². The number of hydrogen-bond donors (Lipinski definition) is 1. The smallest absolute Gasteiger partial charge is 0.308 e. The minimum atomic E-state index is -0.845. The molecule has 0 spiro atoms. The number of carboxylic acids is 1. The third-order valence-electron chi connectivity index (χ3n) is 4.43. The highest BCUT2D eigenvalue weighted by molar-refractivity contribution is 6.00. The molecule has 0 bridgehead atoms. The molecular formula is C17H19N3O3. The summed E-state index contributed by atoms with van der Waals surface area (Å²) in [5.74, 6) is -1.56. The lowest BCUT2D eigenvalue weighted by Crippen LogP contribution is -2.30. The Morgan fingerprint density at radius 2 is 1.91 bits per heavy atom. The predicted octanol–water partition coefficient (Wildman–Crippen LogP) is 1.88. The van der Waals surface area contributed by atoms with Crippen molar-refractivity contribution in [2.75, 3.05) is 13.1 Å². The number of aryl methyl sites for hydroxylation is 1. The van der Waals surface area contributed by atoms with Crippen LogP contribution in [0.3, 0.4) is 0 Å².